The van der Waals surface area contributed by atoms with Crippen molar-refractivity contribution in [2.24, 2.45) is 0 Å². The van der Waals surface area contributed by atoms with E-state index < -0.39 is 0 Å². The number of anilines is 1. The second-order valence-electron chi connectivity index (χ2n) is 3.61. The number of halogens is 1. The molecule has 0 unspecified atom stereocenters. The van der Waals surface area contributed by atoms with Gasteiger partial charge in [-0.3, -0.25) is 4.79 Å². The van der Waals surface area contributed by atoms with Crippen LogP contribution in [0.5, 0.6) is 0 Å². The molecule has 0 atom stereocenters. The second-order valence-corrected chi connectivity index (χ2v) is 3.61. The first-order valence-electron chi connectivity index (χ1n) is 5.05. The van der Waals surface area contributed by atoms with Crippen LogP contribution in [0.2, 0.25) is 0 Å². The fourth-order valence-corrected chi connectivity index (χ4v) is 1.39. The minimum absolute atomic E-state index is 0.196. The lowest BCUT2D eigenvalue weighted by atomic mass is 10.2. The van der Waals surface area contributed by atoms with Crippen LogP contribution < -0.4 is 5.32 Å². The molecule has 2 rings (SSSR count). The summed E-state index contributed by atoms with van der Waals surface area (Å²) in [6.07, 6.45) is 1.62. The van der Waals surface area contributed by atoms with E-state index in [1.807, 2.05) is 0 Å². The Morgan fingerprint density at radius 1 is 1.41 bits per heavy atom. The molecule has 1 heterocycles. The first-order valence-corrected chi connectivity index (χ1v) is 5.05. The van der Waals surface area contributed by atoms with Gasteiger partial charge in [0.05, 0.1) is 12.7 Å². The summed E-state index contributed by atoms with van der Waals surface area (Å²) in [6, 6.07) is 6.13. The number of carbonyl (C=O) groups excluding carboxylic acids is 1. The first-order chi connectivity index (χ1) is 8.13. The molecule has 1 aromatic carbocycles. The lowest BCUT2D eigenvalue weighted by molar-refractivity contribution is -0.114. The Balaban J connectivity index is 2.06. The van der Waals surface area contributed by atoms with Gasteiger partial charge in [0, 0.05) is 6.92 Å². The standard InChI is InChI=1S/C11H11FN4O/c1-8(17)13-11-7-16(15-14-11)6-9-2-4-10(12)5-3-9/h2-5,7H,6H2,1H3,(H,13,17). The van der Waals surface area contributed by atoms with Gasteiger partial charge in [0.1, 0.15) is 5.82 Å². The van der Waals surface area contributed by atoms with Gasteiger partial charge in [0.2, 0.25) is 5.91 Å². The van der Waals surface area contributed by atoms with E-state index in [9.17, 15) is 9.18 Å². The summed E-state index contributed by atoms with van der Waals surface area (Å²) < 4.78 is 14.3. The fourth-order valence-electron chi connectivity index (χ4n) is 1.39. The van der Waals surface area contributed by atoms with Gasteiger partial charge in [-0.25, -0.2) is 9.07 Å². The summed E-state index contributed by atoms with van der Waals surface area (Å²) in [5, 5.41) is 10.1. The number of carbonyl (C=O) groups is 1. The largest absolute Gasteiger partial charge is 0.308 e. The van der Waals surface area contributed by atoms with Crippen LogP contribution in [0.3, 0.4) is 0 Å². The van der Waals surface area contributed by atoms with Crippen molar-refractivity contribution in [3.63, 3.8) is 0 Å². The number of nitrogens with zero attached hydrogens (tertiary/aromatic N) is 3. The molecule has 1 N–H and O–H groups in total. The van der Waals surface area contributed by atoms with Crippen molar-refractivity contribution in [2.75, 3.05) is 5.32 Å². The molecule has 0 saturated carbocycles. The van der Waals surface area contributed by atoms with E-state index in [0.29, 0.717) is 12.4 Å². The number of rotatable bonds is 3. The molecule has 0 bridgehead atoms. The van der Waals surface area contributed by atoms with Crippen LogP contribution in [0, 0.1) is 5.82 Å². The van der Waals surface area contributed by atoms with Gasteiger partial charge in [-0.2, -0.15) is 0 Å². The number of hydrogen-bond acceptors (Lipinski definition) is 3. The number of nitrogens with one attached hydrogen (secondary N) is 1. The summed E-state index contributed by atoms with van der Waals surface area (Å²) >= 11 is 0. The molecule has 0 saturated heterocycles. The van der Waals surface area contributed by atoms with Gasteiger partial charge in [0.25, 0.3) is 0 Å². The maximum absolute atomic E-state index is 12.7. The lowest BCUT2D eigenvalue weighted by Gasteiger charge is -2.00. The highest BCUT2D eigenvalue weighted by atomic mass is 19.1. The number of aromatic nitrogens is 3. The van der Waals surface area contributed by atoms with Gasteiger partial charge in [-0.15, -0.1) is 5.10 Å². The average molecular weight is 234 g/mol. The molecule has 0 radical (unpaired) electrons. The average Bonchev–Trinajstić information content (AvgIpc) is 2.68. The van der Waals surface area contributed by atoms with Crippen LogP contribution in [-0.4, -0.2) is 20.9 Å². The Morgan fingerprint density at radius 3 is 2.76 bits per heavy atom. The Labute approximate surface area is 97.3 Å². The normalized spacial score (nSPS) is 10.2. The Bertz CT molecular complexity index is 521. The van der Waals surface area contributed by atoms with E-state index in [4.69, 9.17) is 0 Å². The molecule has 5 nitrogen and oxygen atoms in total. The maximum Gasteiger partial charge on any atom is 0.222 e. The summed E-state index contributed by atoms with van der Waals surface area (Å²) in [7, 11) is 0. The van der Waals surface area contributed by atoms with E-state index in [0.717, 1.165) is 5.56 Å². The molecule has 0 aliphatic rings. The van der Waals surface area contributed by atoms with Crippen molar-refractivity contribution < 1.29 is 9.18 Å². The van der Waals surface area contributed by atoms with Crippen LogP contribution >= 0.6 is 0 Å². The minimum atomic E-state index is -0.272. The van der Waals surface area contributed by atoms with Crippen LogP contribution in [0.15, 0.2) is 30.5 Å². The molecule has 0 aliphatic carbocycles. The van der Waals surface area contributed by atoms with E-state index in [2.05, 4.69) is 15.6 Å². The summed E-state index contributed by atoms with van der Waals surface area (Å²) in [5.74, 6) is -0.0651. The highest BCUT2D eigenvalue weighted by Gasteiger charge is 2.02. The minimum Gasteiger partial charge on any atom is -0.308 e. The van der Waals surface area contributed by atoms with Crippen LogP contribution in [0.4, 0.5) is 10.2 Å². The van der Waals surface area contributed by atoms with Crippen LogP contribution in [-0.2, 0) is 11.3 Å². The Hall–Kier alpha value is -2.24. The van der Waals surface area contributed by atoms with Crippen molar-refractivity contribution in [2.45, 2.75) is 13.5 Å². The number of hydrogen-bond donors (Lipinski definition) is 1. The molecule has 1 aromatic heterocycles. The fraction of sp³-hybridized carbons (Fsp3) is 0.182. The van der Waals surface area contributed by atoms with Crippen LogP contribution in [0.25, 0.3) is 0 Å². The van der Waals surface area contributed by atoms with Gasteiger partial charge >= 0.3 is 0 Å². The lowest BCUT2D eigenvalue weighted by Crippen LogP contribution is -2.05. The van der Waals surface area contributed by atoms with E-state index >= 15 is 0 Å². The molecule has 0 fully saturated rings. The van der Waals surface area contributed by atoms with E-state index in [-0.39, 0.29) is 11.7 Å². The van der Waals surface area contributed by atoms with Crippen molar-refractivity contribution >= 4 is 11.7 Å². The Morgan fingerprint density at radius 2 is 2.12 bits per heavy atom. The number of amides is 1. The summed E-state index contributed by atoms with van der Waals surface area (Å²) in [6.45, 7) is 1.88. The monoisotopic (exact) mass is 234 g/mol. The molecule has 0 spiro atoms. The summed E-state index contributed by atoms with van der Waals surface area (Å²) in [4.78, 5) is 10.8. The smallest absolute Gasteiger partial charge is 0.222 e. The van der Waals surface area contributed by atoms with Crippen molar-refractivity contribution in [3.8, 4) is 0 Å². The van der Waals surface area contributed by atoms with Gasteiger partial charge in [-0.1, -0.05) is 17.3 Å². The topological polar surface area (TPSA) is 59.8 Å². The quantitative estimate of drug-likeness (QED) is 0.873. The molecule has 17 heavy (non-hydrogen) atoms. The molecular formula is C11H11FN4O. The van der Waals surface area contributed by atoms with Crippen molar-refractivity contribution in [3.05, 3.63) is 41.8 Å². The highest BCUT2D eigenvalue weighted by molar-refractivity contribution is 5.87. The zero-order valence-electron chi connectivity index (χ0n) is 9.22. The third-order valence-corrected chi connectivity index (χ3v) is 2.10. The summed E-state index contributed by atoms with van der Waals surface area (Å²) in [5.41, 5.74) is 0.908. The SMILES string of the molecule is CC(=O)Nc1cn(Cc2ccc(F)cc2)nn1. The molecule has 88 valence electrons. The molecule has 6 heteroatoms. The van der Waals surface area contributed by atoms with E-state index in [1.165, 1.54) is 19.1 Å². The molecule has 0 aliphatic heterocycles. The van der Waals surface area contributed by atoms with Crippen LogP contribution in [0.1, 0.15) is 12.5 Å². The van der Waals surface area contributed by atoms with Gasteiger partial charge in [0.15, 0.2) is 5.82 Å². The zero-order valence-corrected chi connectivity index (χ0v) is 9.22. The van der Waals surface area contributed by atoms with Crippen molar-refractivity contribution in [1.82, 2.24) is 15.0 Å². The molecule has 1 amide bonds. The highest BCUT2D eigenvalue weighted by Crippen LogP contribution is 2.06. The van der Waals surface area contributed by atoms with Gasteiger partial charge in [-0.05, 0) is 17.7 Å². The van der Waals surface area contributed by atoms with Crippen molar-refractivity contribution in [1.29, 1.82) is 0 Å². The number of benzene rings is 1. The van der Waals surface area contributed by atoms with E-state index in [1.54, 1.807) is 23.0 Å². The third-order valence-electron chi connectivity index (χ3n) is 2.10. The predicted molar refractivity (Wildman–Crippen MR) is 59.8 cm³/mol. The maximum atomic E-state index is 12.7. The second kappa shape index (κ2) is 4.73. The third kappa shape index (κ3) is 3.10. The van der Waals surface area contributed by atoms with Gasteiger partial charge < -0.3 is 5.32 Å². The Kier molecular flexibility index (Phi) is 3.13. The zero-order chi connectivity index (χ0) is 12.3. The molecule has 2 aromatic rings. The first kappa shape index (κ1) is 11.3. The molecular weight excluding hydrogens is 223 g/mol. The predicted octanol–water partition coefficient (Wildman–Crippen LogP) is 1.42.